The van der Waals surface area contributed by atoms with Gasteiger partial charge in [-0.2, -0.15) is 11.8 Å². The third-order valence-corrected chi connectivity index (χ3v) is 2.98. The van der Waals surface area contributed by atoms with Crippen LogP contribution in [0.25, 0.3) is 0 Å². The molecule has 0 fully saturated rings. The lowest BCUT2D eigenvalue weighted by Gasteiger charge is -2.04. The predicted molar refractivity (Wildman–Crippen MR) is 56.0 cm³/mol. The van der Waals surface area contributed by atoms with Crippen LogP contribution in [0.4, 0.5) is 0 Å². The predicted octanol–water partition coefficient (Wildman–Crippen LogP) is 1.31. The lowest BCUT2D eigenvalue weighted by atomic mass is 10.2. The first-order valence-corrected chi connectivity index (χ1v) is 6.08. The van der Waals surface area contributed by atoms with E-state index in [1.165, 1.54) is 0 Å². The summed E-state index contributed by atoms with van der Waals surface area (Å²) < 4.78 is 0. The number of carboxylic acids is 1. The average Bonchev–Trinajstić information content (AvgIpc) is 2.03. The van der Waals surface area contributed by atoms with E-state index in [2.05, 4.69) is 15.9 Å². The Hall–Kier alpha value is 0.260. The van der Waals surface area contributed by atoms with Crippen LogP contribution in [0.15, 0.2) is 0 Å². The first-order chi connectivity index (χ1) is 5.68. The molecule has 0 radical (unpaired) electrons. The fraction of sp³-hybridized carbons (Fsp3) is 0.857. The number of thioether (sulfide) groups is 1. The molecule has 1 atom stereocenters. The summed E-state index contributed by atoms with van der Waals surface area (Å²) >= 11 is 5.07. The largest absolute Gasteiger partial charge is 0.480 e. The number of hydrogen-bond donors (Lipinski definition) is 2. The molecule has 0 aromatic heterocycles. The van der Waals surface area contributed by atoms with Crippen LogP contribution in [0, 0.1) is 0 Å². The van der Waals surface area contributed by atoms with Gasteiger partial charge in [-0.1, -0.05) is 15.9 Å². The molecular formula is C7H14BrNO2S. The van der Waals surface area contributed by atoms with Gasteiger partial charge in [-0.3, -0.25) is 4.79 Å². The molecule has 0 bridgehead atoms. The minimum Gasteiger partial charge on any atom is -0.480 e. The Morgan fingerprint density at radius 3 is 2.75 bits per heavy atom. The Morgan fingerprint density at radius 2 is 2.25 bits per heavy atom. The van der Waals surface area contributed by atoms with E-state index in [0.717, 1.165) is 23.3 Å². The maximum absolute atomic E-state index is 10.3. The molecule has 0 aromatic carbocycles. The quantitative estimate of drug-likeness (QED) is 0.532. The van der Waals surface area contributed by atoms with Gasteiger partial charge in [0.25, 0.3) is 0 Å². The molecule has 0 heterocycles. The van der Waals surface area contributed by atoms with Crippen molar-refractivity contribution in [3.05, 3.63) is 0 Å². The van der Waals surface area contributed by atoms with Crippen molar-refractivity contribution in [2.75, 3.05) is 16.8 Å². The van der Waals surface area contributed by atoms with Gasteiger partial charge in [0.15, 0.2) is 0 Å². The fourth-order valence-corrected chi connectivity index (χ4v) is 2.22. The normalized spacial score (nSPS) is 12.8. The smallest absolute Gasteiger partial charge is 0.320 e. The Balaban J connectivity index is 3.14. The SMILES string of the molecule is N[C@H](CCSCCCBr)C(=O)O. The zero-order valence-electron chi connectivity index (χ0n) is 6.83. The Morgan fingerprint density at radius 1 is 1.58 bits per heavy atom. The van der Waals surface area contributed by atoms with E-state index in [4.69, 9.17) is 10.8 Å². The van der Waals surface area contributed by atoms with Crippen molar-refractivity contribution in [1.82, 2.24) is 0 Å². The number of alkyl halides is 1. The molecule has 0 amide bonds. The van der Waals surface area contributed by atoms with Crippen molar-refractivity contribution >= 4 is 33.7 Å². The van der Waals surface area contributed by atoms with Crippen molar-refractivity contribution in [2.45, 2.75) is 18.9 Å². The van der Waals surface area contributed by atoms with Crippen LogP contribution in [-0.4, -0.2) is 34.0 Å². The summed E-state index contributed by atoms with van der Waals surface area (Å²) in [7, 11) is 0. The molecule has 0 aliphatic rings. The number of aliphatic carboxylic acids is 1. The second-order valence-electron chi connectivity index (χ2n) is 2.39. The van der Waals surface area contributed by atoms with Gasteiger partial charge in [-0.15, -0.1) is 0 Å². The van der Waals surface area contributed by atoms with Gasteiger partial charge in [0.05, 0.1) is 0 Å². The molecule has 3 nitrogen and oxygen atoms in total. The van der Waals surface area contributed by atoms with Crippen molar-refractivity contribution in [2.24, 2.45) is 5.73 Å². The van der Waals surface area contributed by atoms with E-state index in [9.17, 15) is 4.79 Å². The van der Waals surface area contributed by atoms with Crippen LogP contribution in [0.3, 0.4) is 0 Å². The molecule has 12 heavy (non-hydrogen) atoms. The third-order valence-electron chi connectivity index (χ3n) is 1.31. The van der Waals surface area contributed by atoms with Gasteiger partial charge >= 0.3 is 5.97 Å². The minimum absolute atomic E-state index is 0.558. The zero-order valence-corrected chi connectivity index (χ0v) is 9.23. The highest BCUT2D eigenvalue weighted by molar-refractivity contribution is 9.09. The van der Waals surface area contributed by atoms with Crippen molar-refractivity contribution < 1.29 is 9.90 Å². The first kappa shape index (κ1) is 12.3. The Kier molecular flexibility index (Phi) is 8.06. The van der Waals surface area contributed by atoms with E-state index in [1.54, 1.807) is 11.8 Å². The molecule has 0 rings (SSSR count). The van der Waals surface area contributed by atoms with Crippen LogP contribution in [0.1, 0.15) is 12.8 Å². The van der Waals surface area contributed by atoms with Crippen molar-refractivity contribution in [1.29, 1.82) is 0 Å². The second-order valence-corrected chi connectivity index (χ2v) is 4.41. The molecule has 0 aromatic rings. The van der Waals surface area contributed by atoms with Gasteiger partial charge in [0.2, 0.25) is 0 Å². The van der Waals surface area contributed by atoms with Gasteiger partial charge in [0.1, 0.15) is 6.04 Å². The van der Waals surface area contributed by atoms with Crippen LogP contribution < -0.4 is 5.73 Å². The number of halogens is 1. The summed E-state index contributed by atoms with van der Waals surface area (Å²) in [5.41, 5.74) is 5.31. The summed E-state index contributed by atoms with van der Waals surface area (Å²) in [6.07, 6.45) is 1.68. The average molecular weight is 256 g/mol. The van der Waals surface area contributed by atoms with Crippen LogP contribution >= 0.6 is 27.7 Å². The summed E-state index contributed by atoms with van der Waals surface area (Å²) in [5, 5.41) is 9.45. The molecule has 72 valence electrons. The highest BCUT2D eigenvalue weighted by atomic mass is 79.9. The minimum atomic E-state index is -0.906. The van der Waals surface area contributed by atoms with E-state index in [-0.39, 0.29) is 0 Å². The number of carbonyl (C=O) groups is 1. The summed E-state index contributed by atoms with van der Waals surface area (Å²) in [5.74, 6) is 0.994. The summed E-state index contributed by atoms with van der Waals surface area (Å²) in [6.45, 7) is 0. The summed E-state index contributed by atoms with van der Waals surface area (Å²) in [6, 6.07) is -0.693. The topological polar surface area (TPSA) is 63.3 Å². The van der Waals surface area contributed by atoms with E-state index >= 15 is 0 Å². The highest BCUT2D eigenvalue weighted by Gasteiger charge is 2.09. The first-order valence-electron chi connectivity index (χ1n) is 3.80. The number of nitrogens with two attached hydrogens (primary N) is 1. The van der Waals surface area contributed by atoms with Gasteiger partial charge < -0.3 is 10.8 Å². The number of carboxylic acid groups (broad SMARTS) is 1. The molecule has 0 unspecified atom stereocenters. The van der Waals surface area contributed by atoms with Crippen LogP contribution in [0.2, 0.25) is 0 Å². The molecular weight excluding hydrogens is 242 g/mol. The Labute approximate surface area is 85.2 Å². The molecule has 0 saturated heterocycles. The van der Waals surface area contributed by atoms with Crippen LogP contribution in [-0.2, 0) is 4.79 Å². The summed E-state index contributed by atoms with van der Waals surface area (Å²) in [4.78, 5) is 10.3. The third kappa shape index (κ3) is 6.94. The maximum Gasteiger partial charge on any atom is 0.320 e. The molecule has 0 aliphatic heterocycles. The fourth-order valence-electron chi connectivity index (χ4n) is 0.592. The molecule has 3 N–H and O–H groups in total. The molecule has 0 aliphatic carbocycles. The van der Waals surface area contributed by atoms with Gasteiger partial charge in [-0.25, -0.2) is 0 Å². The van der Waals surface area contributed by atoms with Crippen molar-refractivity contribution in [3.8, 4) is 0 Å². The lowest BCUT2D eigenvalue weighted by molar-refractivity contribution is -0.138. The molecule has 5 heteroatoms. The molecule has 0 spiro atoms. The maximum atomic E-state index is 10.3. The van der Waals surface area contributed by atoms with Crippen molar-refractivity contribution in [3.63, 3.8) is 0 Å². The van der Waals surface area contributed by atoms with E-state index < -0.39 is 12.0 Å². The Bertz CT molecular complexity index is 135. The van der Waals surface area contributed by atoms with E-state index in [1.807, 2.05) is 0 Å². The van der Waals surface area contributed by atoms with Crippen LogP contribution in [0.5, 0.6) is 0 Å². The standard InChI is InChI=1S/C7H14BrNO2S/c8-3-1-4-12-5-2-6(9)7(10)11/h6H,1-5,9H2,(H,10,11)/t6-/m1/s1. The van der Waals surface area contributed by atoms with E-state index in [0.29, 0.717) is 6.42 Å². The van der Waals surface area contributed by atoms with Gasteiger partial charge in [0, 0.05) is 5.33 Å². The number of hydrogen-bond acceptors (Lipinski definition) is 3. The lowest BCUT2D eigenvalue weighted by Crippen LogP contribution is -2.30. The zero-order chi connectivity index (χ0) is 9.40. The second kappa shape index (κ2) is 7.89. The van der Waals surface area contributed by atoms with Gasteiger partial charge in [-0.05, 0) is 24.3 Å². The molecule has 0 saturated carbocycles. The number of rotatable bonds is 7. The monoisotopic (exact) mass is 255 g/mol. The highest BCUT2D eigenvalue weighted by Crippen LogP contribution is 2.06.